The first kappa shape index (κ1) is 11.0. The van der Waals surface area contributed by atoms with Crippen LogP contribution in [0.2, 0.25) is 5.02 Å². The van der Waals surface area contributed by atoms with Gasteiger partial charge in [-0.1, -0.05) is 38.4 Å². The molecule has 0 heterocycles. The Morgan fingerprint density at radius 1 is 1.27 bits per heavy atom. The first-order chi connectivity index (χ1) is 6.98. The lowest BCUT2D eigenvalue weighted by molar-refractivity contribution is 0.289. The average molecular weight is 223 g/mol. The maximum Gasteiger partial charge on any atom is 0.0408 e. The molecule has 0 saturated carbocycles. The summed E-state index contributed by atoms with van der Waals surface area (Å²) in [6.45, 7) is 7.00. The number of fused-ring (bicyclic) bond motifs is 1. The van der Waals surface area contributed by atoms with E-state index in [2.05, 4.69) is 32.9 Å². The van der Waals surface area contributed by atoms with Crippen LogP contribution in [0.15, 0.2) is 18.2 Å². The molecule has 0 N–H and O–H groups in total. The fourth-order valence-electron chi connectivity index (χ4n) is 2.68. The smallest absolute Gasteiger partial charge is 0.0408 e. The van der Waals surface area contributed by atoms with Crippen molar-refractivity contribution in [2.24, 2.45) is 5.41 Å². The molecule has 0 fully saturated rings. The molecule has 2 rings (SSSR count). The average Bonchev–Trinajstić information content (AvgIpc) is 2.15. The molecule has 15 heavy (non-hydrogen) atoms. The molecule has 82 valence electrons. The standard InChI is InChI=1S/C14H19Cl/c1-14(2,3)13-6-4-5-10-9-11(15)7-8-12(10)13/h7-9,13H,4-6H2,1-3H3. The molecule has 1 unspecified atom stereocenters. The lowest BCUT2D eigenvalue weighted by Crippen LogP contribution is -2.22. The van der Waals surface area contributed by atoms with Crippen LogP contribution in [0, 0.1) is 5.41 Å². The predicted molar refractivity (Wildman–Crippen MR) is 66.6 cm³/mol. The molecule has 0 spiro atoms. The molecule has 0 saturated heterocycles. The van der Waals surface area contributed by atoms with Gasteiger partial charge in [-0.2, -0.15) is 0 Å². The van der Waals surface area contributed by atoms with Gasteiger partial charge in [0.05, 0.1) is 0 Å². The molecule has 0 radical (unpaired) electrons. The molecule has 0 bridgehead atoms. The lowest BCUT2D eigenvalue weighted by atomic mass is 9.69. The van der Waals surface area contributed by atoms with E-state index in [1.807, 2.05) is 6.07 Å². The van der Waals surface area contributed by atoms with Crippen molar-refractivity contribution < 1.29 is 0 Å². The third-order valence-electron chi connectivity index (χ3n) is 3.46. The van der Waals surface area contributed by atoms with Crippen molar-refractivity contribution >= 4 is 11.6 Å². The highest BCUT2D eigenvalue weighted by atomic mass is 35.5. The van der Waals surface area contributed by atoms with Gasteiger partial charge in [-0.15, -0.1) is 0 Å². The Kier molecular flexibility index (Phi) is 2.81. The van der Waals surface area contributed by atoms with Crippen LogP contribution in [0.25, 0.3) is 0 Å². The summed E-state index contributed by atoms with van der Waals surface area (Å²) in [5, 5.41) is 0.878. The second-order valence-corrected chi connectivity index (χ2v) is 6.09. The van der Waals surface area contributed by atoms with Crippen LogP contribution >= 0.6 is 11.6 Å². The van der Waals surface area contributed by atoms with Crippen LogP contribution in [0.5, 0.6) is 0 Å². The van der Waals surface area contributed by atoms with E-state index in [9.17, 15) is 0 Å². The van der Waals surface area contributed by atoms with E-state index in [0.29, 0.717) is 11.3 Å². The van der Waals surface area contributed by atoms with Crippen molar-refractivity contribution in [2.75, 3.05) is 0 Å². The minimum absolute atomic E-state index is 0.364. The number of hydrogen-bond donors (Lipinski definition) is 0. The molecule has 1 heteroatoms. The maximum absolute atomic E-state index is 6.04. The Morgan fingerprint density at radius 2 is 2.00 bits per heavy atom. The number of rotatable bonds is 0. The van der Waals surface area contributed by atoms with Crippen LogP contribution in [-0.4, -0.2) is 0 Å². The summed E-state index contributed by atoms with van der Waals surface area (Å²) in [5.74, 6) is 0.693. The summed E-state index contributed by atoms with van der Waals surface area (Å²) in [6, 6.07) is 6.41. The van der Waals surface area contributed by atoms with Crippen molar-refractivity contribution in [3.63, 3.8) is 0 Å². The molecule has 1 aliphatic carbocycles. The van der Waals surface area contributed by atoms with Crippen molar-refractivity contribution in [1.29, 1.82) is 0 Å². The fraction of sp³-hybridized carbons (Fsp3) is 0.571. The molecule has 0 aromatic heterocycles. The second kappa shape index (κ2) is 3.83. The van der Waals surface area contributed by atoms with Gasteiger partial charge >= 0.3 is 0 Å². The van der Waals surface area contributed by atoms with Crippen molar-refractivity contribution in [3.05, 3.63) is 34.3 Å². The van der Waals surface area contributed by atoms with Crippen LogP contribution in [0.4, 0.5) is 0 Å². The monoisotopic (exact) mass is 222 g/mol. The molecule has 1 aromatic carbocycles. The summed E-state index contributed by atoms with van der Waals surface area (Å²) in [4.78, 5) is 0. The van der Waals surface area contributed by atoms with E-state index in [0.717, 1.165) is 5.02 Å². The quantitative estimate of drug-likeness (QED) is 0.591. The Labute approximate surface area is 97.6 Å². The van der Waals surface area contributed by atoms with Gasteiger partial charge in [0.1, 0.15) is 0 Å². The molecule has 0 nitrogen and oxygen atoms in total. The molecular weight excluding hydrogens is 204 g/mol. The minimum atomic E-state index is 0.364. The first-order valence-corrected chi connectivity index (χ1v) is 6.14. The Hall–Kier alpha value is -0.490. The first-order valence-electron chi connectivity index (χ1n) is 5.77. The van der Waals surface area contributed by atoms with Crippen molar-refractivity contribution in [3.8, 4) is 0 Å². The molecule has 1 aromatic rings. The Morgan fingerprint density at radius 3 is 2.67 bits per heavy atom. The largest absolute Gasteiger partial charge is 0.0843 e. The van der Waals surface area contributed by atoms with Gasteiger partial charge in [-0.05, 0) is 53.9 Å². The molecule has 1 aliphatic rings. The summed E-state index contributed by atoms with van der Waals surface area (Å²) in [6.07, 6.45) is 3.82. The summed E-state index contributed by atoms with van der Waals surface area (Å²) < 4.78 is 0. The number of benzene rings is 1. The van der Waals surface area contributed by atoms with E-state index in [1.165, 1.54) is 30.4 Å². The number of hydrogen-bond acceptors (Lipinski definition) is 0. The van der Waals surface area contributed by atoms with Gasteiger partial charge < -0.3 is 0 Å². The third-order valence-corrected chi connectivity index (χ3v) is 3.70. The highest BCUT2D eigenvalue weighted by Gasteiger charge is 2.30. The highest BCUT2D eigenvalue weighted by molar-refractivity contribution is 6.30. The molecular formula is C14H19Cl. The second-order valence-electron chi connectivity index (χ2n) is 5.65. The zero-order valence-corrected chi connectivity index (χ0v) is 10.6. The van der Waals surface area contributed by atoms with Gasteiger partial charge in [0.15, 0.2) is 0 Å². The van der Waals surface area contributed by atoms with Crippen molar-refractivity contribution in [2.45, 2.75) is 46.0 Å². The predicted octanol–water partition coefficient (Wildman–Crippen LogP) is 4.81. The van der Waals surface area contributed by atoms with E-state index in [-0.39, 0.29) is 0 Å². The number of halogens is 1. The van der Waals surface area contributed by atoms with Crippen LogP contribution in [0.3, 0.4) is 0 Å². The Balaban J connectivity index is 2.43. The zero-order valence-electron chi connectivity index (χ0n) is 9.81. The van der Waals surface area contributed by atoms with Gasteiger partial charge in [-0.25, -0.2) is 0 Å². The fourth-order valence-corrected chi connectivity index (χ4v) is 2.88. The van der Waals surface area contributed by atoms with E-state index >= 15 is 0 Å². The molecule has 0 amide bonds. The normalized spacial score (nSPS) is 21.2. The van der Waals surface area contributed by atoms with Crippen LogP contribution < -0.4 is 0 Å². The maximum atomic E-state index is 6.04. The highest BCUT2D eigenvalue weighted by Crippen LogP contribution is 2.43. The van der Waals surface area contributed by atoms with Gasteiger partial charge in [-0.3, -0.25) is 0 Å². The molecule has 0 aliphatic heterocycles. The van der Waals surface area contributed by atoms with Gasteiger partial charge in [0.25, 0.3) is 0 Å². The minimum Gasteiger partial charge on any atom is -0.0843 e. The van der Waals surface area contributed by atoms with E-state index in [4.69, 9.17) is 11.6 Å². The summed E-state index contributed by atoms with van der Waals surface area (Å²) in [7, 11) is 0. The zero-order chi connectivity index (χ0) is 11.1. The lowest BCUT2D eigenvalue weighted by Gasteiger charge is -2.35. The van der Waals surface area contributed by atoms with E-state index in [1.54, 1.807) is 0 Å². The van der Waals surface area contributed by atoms with Crippen molar-refractivity contribution in [1.82, 2.24) is 0 Å². The van der Waals surface area contributed by atoms with E-state index < -0.39 is 0 Å². The van der Waals surface area contributed by atoms with Crippen LogP contribution in [-0.2, 0) is 6.42 Å². The summed E-state index contributed by atoms with van der Waals surface area (Å²) >= 11 is 6.04. The SMILES string of the molecule is CC(C)(C)C1CCCc2cc(Cl)ccc21. The Bertz CT molecular complexity index is 360. The molecule has 1 atom stereocenters. The van der Waals surface area contributed by atoms with Crippen LogP contribution in [0.1, 0.15) is 50.7 Å². The third kappa shape index (κ3) is 2.20. The summed E-state index contributed by atoms with van der Waals surface area (Å²) in [5.41, 5.74) is 3.36. The van der Waals surface area contributed by atoms with Gasteiger partial charge in [0, 0.05) is 5.02 Å². The number of aryl methyl sites for hydroxylation is 1. The van der Waals surface area contributed by atoms with Gasteiger partial charge in [0.2, 0.25) is 0 Å². The topological polar surface area (TPSA) is 0 Å².